The van der Waals surface area contributed by atoms with Gasteiger partial charge in [0.15, 0.2) is 0 Å². The van der Waals surface area contributed by atoms with Crippen LogP contribution < -0.4 is 5.32 Å². The van der Waals surface area contributed by atoms with Gasteiger partial charge in [0.25, 0.3) is 11.6 Å². The van der Waals surface area contributed by atoms with Crippen molar-refractivity contribution in [2.24, 2.45) is 0 Å². The third kappa shape index (κ3) is 5.44. The summed E-state index contributed by atoms with van der Waals surface area (Å²) in [4.78, 5) is 36.9. The lowest BCUT2D eigenvalue weighted by Gasteiger charge is -2.14. The summed E-state index contributed by atoms with van der Waals surface area (Å²) in [5.41, 5.74) is 1.16. The fourth-order valence-corrected chi connectivity index (χ4v) is 4.20. The maximum atomic E-state index is 12.6. The van der Waals surface area contributed by atoms with Crippen LogP contribution in [-0.2, 0) is 9.59 Å². The summed E-state index contributed by atoms with van der Waals surface area (Å²) in [6, 6.07) is 12.8. The summed E-state index contributed by atoms with van der Waals surface area (Å²) < 4.78 is 0.439. The molecule has 0 aromatic heterocycles. The summed E-state index contributed by atoms with van der Waals surface area (Å²) in [6.07, 6.45) is 2.31. The first kappa shape index (κ1) is 21.9. The Balaban J connectivity index is 1.52. The fraction of sp³-hybridized carbons (Fsp3) is 0.150. The zero-order chi connectivity index (χ0) is 21.7. The number of halogens is 1. The molecule has 10 heteroatoms. The van der Waals surface area contributed by atoms with Gasteiger partial charge >= 0.3 is 0 Å². The molecular weight excluding hydrogens is 446 g/mol. The Kier molecular flexibility index (Phi) is 7.20. The van der Waals surface area contributed by atoms with Crippen molar-refractivity contribution in [3.05, 3.63) is 74.1 Å². The lowest BCUT2D eigenvalue weighted by atomic mass is 10.2. The van der Waals surface area contributed by atoms with Crippen LogP contribution in [0.4, 0.5) is 11.4 Å². The number of non-ortho nitro benzene ring substituents is 1. The van der Waals surface area contributed by atoms with Crippen molar-refractivity contribution in [3.8, 4) is 0 Å². The van der Waals surface area contributed by atoms with Crippen LogP contribution in [0, 0.1) is 10.1 Å². The molecule has 0 bridgehead atoms. The topological polar surface area (TPSA) is 92.6 Å². The highest BCUT2D eigenvalue weighted by atomic mass is 35.5. The Hall–Kier alpha value is -2.75. The number of amides is 2. The van der Waals surface area contributed by atoms with Crippen LogP contribution in [0.5, 0.6) is 0 Å². The summed E-state index contributed by atoms with van der Waals surface area (Å²) in [6.45, 7) is 0.318. The number of benzene rings is 2. The lowest BCUT2D eigenvalue weighted by molar-refractivity contribution is -0.384. The van der Waals surface area contributed by atoms with E-state index in [4.69, 9.17) is 23.8 Å². The molecule has 0 radical (unpaired) electrons. The highest BCUT2D eigenvalue weighted by Gasteiger charge is 2.31. The monoisotopic (exact) mass is 461 g/mol. The molecule has 7 nitrogen and oxygen atoms in total. The Labute approximate surface area is 187 Å². The molecule has 3 rings (SSSR count). The van der Waals surface area contributed by atoms with Gasteiger partial charge in [0, 0.05) is 35.8 Å². The highest BCUT2D eigenvalue weighted by Crippen LogP contribution is 2.33. The number of carbonyl (C=O) groups is 2. The van der Waals surface area contributed by atoms with Gasteiger partial charge in [-0.2, -0.15) is 0 Å². The van der Waals surface area contributed by atoms with Crippen LogP contribution in [0.25, 0.3) is 6.08 Å². The first-order valence-electron chi connectivity index (χ1n) is 8.89. The number of carbonyl (C=O) groups excluding carboxylic acids is 2. The minimum atomic E-state index is -0.506. The standard InChI is InChI=1S/C20H16ClN3O4S2/c21-16-5-2-1-4-13(16)12-17-19(26)23(20(29)30-17)11-3-6-18(25)22-14-7-9-15(10-8-14)24(27)28/h1-2,4-5,7-10,12H,3,6,11H2,(H,22,25)/b17-12-. The molecule has 0 saturated carbocycles. The van der Waals surface area contributed by atoms with E-state index < -0.39 is 4.92 Å². The van der Waals surface area contributed by atoms with Crippen LogP contribution in [-0.4, -0.2) is 32.5 Å². The third-order valence-electron chi connectivity index (χ3n) is 4.21. The van der Waals surface area contributed by atoms with Crippen LogP contribution in [0.2, 0.25) is 5.02 Å². The average molecular weight is 462 g/mol. The van der Waals surface area contributed by atoms with Crippen LogP contribution in [0.1, 0.15) is 18.4 Å². The molecule has 1 heterocycles. The van der Waals surface area contributed by atoms with E-state index in [1.807, 2.05) is 18.2 Å². The molecule has 0 aliphatic carbocycles. The van der Waals surface area contributed by atoms with Gasteiger partial charge in [-0.05, 0) is 36.3 Å². The fourth-order valence-electron chi connectivity index (χ4n) is 2.71. The van der Waals surface area contributed by atoms with Crippen molar-refractivity contribution in [3.63, 3.8) is 0 Å². The van der Waals surface area contributed by atoms with Gasteiger partial charge in [0.05, 0.1) is 9.83 Å². The molecule has 154 valence electrons. The molecule has 0 unspecified atom stereocenters. The molecule has 30 heavy (non-hydrogen) atoms. The Bertz CT molecular complexity index is 1040. The van der Waals surface area contributed by atoms with Crippen molar-refractivity contribution in [1.82, 2.24) is 4.90 Å². The van der Waals surface area contributed by atoms with Crippen LogP contribution in [0.15, 0.2) is 53.4 Å². The van der Waals surface area contributed by atoms with E-state index in [0.717, 1.165) is 5.56 Å². The van der Waals surface area contributed by atoms with Gasteiger partial charge in [-0.3, -0.25) is 24.6 Å². The SMILES string of the molecule is O=C(CCCN1C(=O)/C(=C/c2ccccc2Cl)SC1=S)Nc1ccc([N+](=O)[O-])cc1. The van der Waals surface area contributed by atoms with Crippen LogP contribution >= 0.6 is 35.6 Å². The summed E-state index contributed by atoms with van der Waals surface area (Å²) in [5, 5.41) is 13.9. The minimum absolute atomic E-state index is 0.0489. The maximum Gasteiger partial charge on any atom is 0.269 e. The molecule has 0 spiro atoms. The number of thiocarbonyl (C=S) groups is 1. The second-order valence-electron chi connectivity index (χ2n) is 6.31. The van der Waals surface area contributed by atoms with E-state index in [1.54, 1.807) is 12.1 Å². The van der Waals surface area contributed by atoms with Gasteiger partial charge < -0.3 is 5.32 Å². The zero-order valence-electron chi connectivity index (χ0n) is 15.5. The van der Waals surface area contributed by atoms with Crippen molar-refractivity contribution >= 4 is 69.2 Å². The van der Waals surface area contributed by atoms with Gasteiger partial charge in [0.1, 0.15) is 4.32 Å². The number of rotatable bonds is 7. The molecule has 2 aromatic carbocycles. The molecule has 1 aliphatic heterocycles. The number of hydrogen-bond acceptors (Lipinski definition) is 6. The predicted octanol–water partition coefficient (Wildman–Crippen LogP) is 4.87. The van der Waals surface area contributed by atoms with Crippen molar-refractivity contribution in [1.29, 1.82) is 0 Å². The van der Waals surface area contributed by atoms with E-state index in [0.29, 0.717) is 32.9 Å². The number of thioether (sulfide) groups is 1. The molecule has 1 saturated heterocycles. The predicted molar refractivity (Wildman–Crippen MR) is 122 cm³/mol. The van der Waals surface area contributed by atoms with E-state index in [9.17, 15) is 19.7 Å². The van der Waals surface area contributed by atoms with E-state index >= 15 is 0 Å². The van der Waals surface area contributed by atoms with Gasteiger partial charge in [-0.1, -0.05) is 53.8 Å². The molecule has 1 fully saturated rings. The number of nitro groups is 1. The van der Waals surface area contributed by atoms with Gasteiger partial charge in [-0.25, -0.2) is 0 Å². The van der Waals surface area contributed by atoms with Gasteiger partial charge in [-0.15, -0.1) is 0 Å². The molecule has 2 aromatic rings. The van der Waals surface area contributed by atoms with E-state index in [2.05, 4.69) is 5.32 Å². The Morgan fingerprint density at radius 2 is 1.93 bits per heavy atom. The molecule has 2 amide bonds. The first-order valence-corrected chi connectivity index (χ1v) is 10.5. The smallest absolute Gasteiger partial charge is 0.269 e. The van der Waals surface area contributed by atoms with Crippen LogP contribution in [0.3, 0.4) is 0 Å². The number of hydrogen-bond donors (Lipinski definition) is 1. The minimum Gasteiger partial charge on any atom is -0.326 e. The largest absolute Gasteiger partial charge is 0.326 e. The maximum absolute atomic E-state index is 12.6. The summed E-state index contributed by atoms with van der Waals surface area (Å²) in [5.74, 6) is -0.457. The normalized spacial score (nSPS) is 15.0. The van der Waals surface area contributed by atoms with E-state index in [-0.39, 0.29) is 23.9 Å². The molecular formula is C20H16ClN3O4S2. The zero-order valence-corrected chi connectivity index (χ0v) is 17.9. The second kappa shape index (κ2) is 9.84. The summed E-state index contributed by atoms with van der Waals surface area (Å²) >= 11 is 12.6. The molecule has 0 atom stereocenters. The Morgan fingerprint density at radius 3 is 2.60 bits per heavy atom. The quantitative estimate of drug-likeness (QED) is 0.274. The number of anilines is 1. The molecule has 1 aliphatic rings. The van der Waals surface area contributed by atoms with E-state index in [1.165, 1.54) is 40.9 Å². The summed E-state index contributed by atoms with van der Waals surface area (Å²) in [7, 11) is 0. The Morgan fingerprint density at radius 1 is 1.23 bits per heavy atom. The molecule has 1 N–H and O–H groups in total. The first-order chi connectivity index (χ1) is 14.3. The third-order valence-corrected chi connectivity index (χ3v) is 5.93. The van der Waals surface area contributed by atoms with Gasteiger partial charge in [0.2, 0.25) is 5.91 Å². The second-order valence-corrected chi connectivity index (χ2v) is 8.39. The average Bonchev–Trinajstić information content (AvgIpc) is 2.97. The van der Waals surface area contributed by atoms with Crippen molar-refractivity contribution < 1.29 is 14.5 Å². The van der Waals surface area contributed by atoms with Crippen molar-refractivity contribution in [2.45, 2.75) is 12.8 Å². The lowest BCUT2D eigenvalue weighted by Crippen LogP contribution is -2.29. The van der Waals surface area contributed by atoms with Crippen molar-refractivity contribution in [2.75, 3.05) is 11.9 Å². The number of nitrogens with one attached hydrogen (secondary N) is 1. The number of nitro benzene ring substituents is 1. The highest BCUT2D eigenvalue weighted by molar-refractivity contribution is 8.26. The number of nitrogens with zero attached hydrogens (tertiary/aromatic N) is 2.